The van der Waals surface area contributed by atoms with Gasteiger partial charge < -0.3 is 14.3 Å². The van der Waals surface area contributed by atoms with Gasteiger partial charge in [-0.3, -0.25) is 4.79 Å². The second-order valence-corrected chi connectivity index (χ2v) is 7.03. The molecule has 0 spiro atoms. The first-order valence-electron chi connectivity index (χ1n) is 9.22. The number of benzene rings is 2. The van der Waals surface area contributed by atoms with E-state index < -0.39 is 11.5 Å². The molecule has 0 atom stereocenters. The van der Waals surface area contributed by atoms with Crippen LogP contribution in [0.25, 0.3) is 22.4 Å². The molecule has 1 amide bonds. The van der Waals surface area contributed by atoms with Crippen LogP contribution in [0.15, 0.2) is 62.3 Å². The van der Waals surface area contributed by atoms with Crippen LogP contribution in [-0.2, 0) is 0 Å². The fourth-order valence-electron chi connectivity index (χ4n) is 3.04. The normalized spacial score (nSPS) is 11.2. The number of carbonyl (C=O) groups is 1. The Kier molecular flexibility index (Phi) is 4.72. The molecule has 0 aliphatic rings. The van der Waals surface area contributed by atoms with Crippen molar-refractivity contribution >= 4 is 22.6 Å². The van der Waals surface area contributed by atoms with Gasteiger partial charge in [0.05, 0.1) is 0 Å². The fraction of sp³-hybridized carbons (Fsp3) is 0.182. The zero-order valence-corrected chi connectivity index (χ0v) is 16.2. The molecule has 0 saturated carbocycles. The molecule has 2 heterocycles. The molecule has 0 unspecified atom stereocenters. The van der Waals surface area contributed by atoms with Crippen LogP contribution in [-0.4, -0.2) is 16.0 Å². The third-order valence-corrected chi connectivity index (χ3v) is 4.65. The Morgan fingerprint density at radius 2 is 1.79 bits per heavy atom. The molecule has 4 aromatic rings. The maximum absolute atomic E-state index is 12.7. The monoisotopic (exact) mass is 389 g/mol. The van der Waals surface area contributed by atoms with Gasteiger partial charge in [-0.1, -0.05) is 37.2 Å². The highest BCUT2D eigenvalue weighted by atomic mass is 16.5. The summed E-state index contributed by atoms with van der Waals surface area (Å²) in [5.74, 6) is 0.700. The summed E-state index contributed by atoms with van der Waals surface area (Å²) in [7, 11) is 0. The van der Waals surface area contributed by atoms with Gasteiger partial charge in [0, 0.05) is 22.6 Å². The Bertz CT molecular complexity index is 1250. The number of aryl methyl sites for hydroxylation is 1. The predicted octanol–water partition coefficient (Wildman–Crippen LogP) is 4.53. The molecule has 0 fully saturated rings. The van der Waals surface area contributed by atoms with Crippen LogP contribution >= 0.6 is 0 Å². The van der Waals surface area contributed by atoms with Gasteiger partial charge >= 0.3 is 5.63 Å². The first-order chi connectivity index (χ1) is 13.9. The van der Waals surface area contributed by atoms with E-state index in [9.17, 15) is 9.59 Å². The first kappa shape index (κ1) is 18.6. The Morgan fingerprint density at radius 1 is 1.07 bits per heavy atom. The van der Waals surface area contributed by atoms with Crippen LogP contribution < -0.4 is 10.9 Å². The number of nitrogens with zero attached hydrogens (tertiary/aromatic N) is 2. The van der Waals surface area contributed by atoms with Crippen molar-refractivity contribution in [2.75, 3.05) is 5.32 Å². The minimum Gasteiger partial charge on any atom is -0.422 e. The Labute approximate surface area is 166 Å². The van der Waals surface area contributed by atoms with Crippen molar-refractivity contribution in [2.45, 2.75) is 26.7 Å². The highest BCUT2D eigenvalue weighted by Crippen LogP contribution is 2.23. The number of fused-ring (bicyclic) bond motifs is 1. The van der Waals surface area contributed by atoms with E-state index in [0.29, 0.717) is 28.5 Å². The standard InChI is InChI=1S/C22H19N3O4/c1-12(2)19-24-21(29-25-19)14-8-10-15(11-9-14)23-20(26)18-13(3)16-6-4-5-7-17(16)28-22(18)27/h4-12H,1-3H3,(H,23,26). The maximum Gasteiger partial charge on any atom is 0.349 e. The first-order valence-corrected chi connectivity index (χ1v) is 9.22. The van der Waals surface area contributed by atoms with Gasteiger partial charge in [0.25, 0.3) is 11.8 Å². The van der Waals surface area contributed by atoms with E-state index >= 15 is 0 Å². The van der Waals surface area contributed by atoms with Crippen LogP contribution in [0.1, 0.15) is 41.5 Å². The van der Waals surface area contributed by atoms with Crippen molar-refractivity contribution < 1.29 is 13.7 Å². The lowest BCUT2D eigenvalue weighted by Crippen LogP contribution is -2.22. The number of anilines is 1. The minimum atomic E-state index is -0.664. The molecule has 146 valence electrons. The summed E-state index contributed by atoms with van der Waals surface area (Å²) in [5.41, 5.74) is 1.64. The number of hydrogen-bond donors (Lipinski definition) is 1. The highest BCUT2D eigenvalue weighted by molar-refractivity contribution is 6.07. The molecule has 7 nitrogen and oxygen atoms in total. The third kappa shape index (κ3) is 3.54. The smallest absolute Gasteiger partial charge is 0.349 e. The summed E-state index contributed by atoms with van der Waals surface area (Å²) in [4.78, 5) is 29.4. The quantitative estimate of drug-likeness (QED) is 0.515. The van der Waals surface area contributed by atoms with Crippen LogP contribution in [0.2, 0.25) is 0 Å². The van der Waals surface area contributed by atoms with Crippen molar-refractivity contribution in [3.05, 3.63) is 75.9 Å². The van der Waals surface area contributed by atoms with Gasteiger partial charge in [-0.25, -0.2) is 4.79 Å². The molecule has 1 N–H and O–H groups in total. The van der Waals surface area contributed by atoms with E-state index in [-0.39, 0.29) is 11.5 Å². The van der Waals surface area contributed by atoms with Gasteiger partial charge in [0.1, 0.15) is 11.1 Å². The van der Waals surface area contributed by atoms with Crippen molar-refractivity contribution in [3.8, 4) is 11.5 Å². The molecule has 0 bridgehead atoms. The van der Waals surface area contributed by atoms with E-state index in [1.54, 1.807) is 43.3 Å². The number of aromatic nitrogens is 2. The zero-order valence-electron chi connectivity index (χ0n) is 16.2. The number of hydrogen-bond acceptors (Lipinski definition) is 6. The number of rotatable bonds is 4. The lowest BCUT2D eigenvalue weighted by Gasteiger charge is -2.09. The van der Waals surface area contributed by atoms with E-state index in [1.165, 1.54) is 0 Å². The van der Waals surface area contributed by atoms with E-state index in [4.69, 9.17) is 8.94 Å². The zero-order chi connectivity index (χ0) is 20.5. The summed E-state index contributed by atoms with van der Waals surface area (Å²) in [6, 6.07) is 14.1. The molecule has 4 rings (SSSR count). The van der Waals surface area contributed by atoms with Crippen LogP contribution in [0.4, 0.5) is 5.69 Å². The summed E-state index contributed by atoms with van der Waals surface area (Å²) in [6.45, 7) is 5.70. The van der Waals surface area contributed by atoms with Gasteiger partial charge in [0.15, 0.2) is 5.82 Å². The second kappa shape index (κ2) is 7.35. The molecule has 29 heavy (non-hydrogen) atoms. The molecule has 0 aliphatic heterocycles. The van der Waals surface area contributed by atoms with E-state index in [2.05, 4.69) is 15.5 Å². The number of nitrogens with one attached hydrogen (secondary N) is 1. The molecule has 7 heteroatoms. The molecular weight excluding hydrogens is 370 g/mol. The highest BCUT2D eigenvalue weighted by Gasteiger charge is 2.19. The lowest BCUT2D eigenvalue weighted by atomic mass is 10.1. The van der Waals surface area contributed by atoms with Crippen molar-refractivity contribution in [1.29, 1.82) is 0 Å². The van der Waals surface area contributed by atoms with Crippen LogP contribution in [0.5, 0.6) is 0 Å². The SMILES string of the molecule is Cc1c(C(=O)Nc2ccc(-c3nc(C(C)C)no3)cc2)c(=O)oc2ccccc12. The topological polar surface area (TPSA) is 98.2 Å². The minimum absolute atomic E-state index is 0.00810. The van der Waals surface area contributed by atoms with Gasteiger partial charge in [0.2, 0.25) is 0 Å². The summed E-state index contributed by atoms with van der Waals surface area (Å²) in [6.07, 6.45) is 0. The molecule has 2 aromatic heterocycles. The van der Waals surface area contributed by atoms with Gasteiger partial charge in [-0.05, 0) is 42.8 Å². The predicted molar refractivity (Wildman–Crippen MR) is 109 cm³/mol. The average Bonchev–Trinajstić information content (AvgIpc) is 3.19. The van der Waals surface area contributed by atoms with E-state index in [0.717, 1.165) is 10.9 Å². The molecule has 0 radical (unpaired) electrons. The molecule has 0 aliphatic carbocycles. The molecular formula is C22H19N3O4. The van der Waals surface area contributed by atoms with Crippen molar-refractivity contribution in [1.82, 2.24) is 10.1 Å². The summed E-state index contributed by atoms with van der Waals surface area (Å²) in [5, 5.41) is 7.41. The number of carbonyl (C=O) groups excluding carboxylic acids is 1. The number of para-hydroxylation sites is 1. The fourth-order valence-corrected chi connectivity index (χ4v) is 3.04. The summed E-state index contributed by atoms with van der Waals surface area (Å²) < 4.78 is 10.6. The third-order valence-electron chi connectivity index (χ3n) is 4.65. The Balaban J connectivity index is 1.59. The second-order valence-electron chi connectivity index (χ2n) is 7.03. The Hall–Kier alpha value is -3.74. The van der Waals surface area contributed by atoms with E-state index in [1.807, 2.05) is 26.0 Å². The molecule has 0 saturated heterocycles. The van der Waals surface area contributed by atoms with Gasteiger partial charge in [-0.2, -0.15) is 4.98 Å². The summed E-state index contributed by atoms with van der Waals surface area (Å²) >= 11 is 0. The van der Waals surface area contributed by atoms with Crippen molar-refractivity contribution in [2.24, 2.45) is 0 Å². The largest absolute Gasteiger partial charge is 0.422 e. The van der Waals surface area contributed by atoms with Gasteiger partial charge in [-0.15, -0.1) is 0 Å². The Morgan fingerprint density at radius 3 is 2.48 bits per heavy atom. The van der Waals surface area contributed by atoms with Crippen molar-refractivity contribution in [3.63, 3.8) is 0 Å². The lowest BCUT2D eigenvalue weighted by molar-refractivity contribution is 0.102. The molecule has 2 aromatic carbocycles. The van der Waals surface area contributed by atoms with Crippen LogP contribution in [0.3, 0.4) is 0 Å². The van der Waals surface area contributed by atoms with Crippen LogP contribution in [0, 0.1) is 6.92 Å². The number of amides is 1. The average molecular weight is 389 g/mol. The maximum atomic E-state index is 12.7.